The lowest BCUT2D eigenvalue weighted by Crippen LogP contribution is -2.31. The van der Waals surface area contributed by atoms with Crippen molar-refractivity contribution in [3.8, 4) is 0 Å². The van der Waals surface area contributed by atoms with Crippen LogP contribution in [-0.2, 0) is 4.79 Å². The number of rotatable bonds is 3. The number of fused-ring (bicyclic) bond motifs is 1. The lowest BCUT2D eigenvalue weighted by Gasteiger charge is -2.28. The summed E-state index contributed by atoms with van der Waals surface area (Å²) in [5.41, 5.74) is 4.13. The fourth-order valence-electron chi connectivity index (χ4n) is 3.09. The van der Waals surface area contributed by atoms with E-state index in [1.54, 1.807) is 4.68 Å². The molecule has 4 rings (SSSR count). The molecule has 2 aromatic carbocycles. The molecule has 0 bridgehead atoms. The van der Waals surface area contributed by atoms with Crippen molar-refractivity contribution in [2.45, 2.75) is 19.9 Å². The first-order chi connectivity index (χ1) is 12.6. The monoisotopic (exact) mass is 346 g/mol. The third-order valence-corrected chi connectivity index (χ3v) is 4.38. The molecule has 7 heteroatoms. The van der Waals surface area contributed by atoms with Crippen LogP contribution in [0.3, 0.4) is 0 Å². The molecule has 3 aromatic rings. The molecule has 1 aliphatic heterocycles. The highest BCUT2D eigenvalue weighted by Gasteiger charge is 2.33. The average molecular weight is 346 g/mol. The second-order valence-electron chi connectivity index (χ2n) is 6.24. The predicted octanol–water partition coefficient (Wildman–Crippen LogP) is 2.91. The van der Waals surface area contributed by atoms with Crippen LogP contribution in [0.2, 0.25) is 0 Å². The quantitative estimate of drug-likeness (QED) is 0.762. The summed E-state index contributed by atoms with van der Waals surface area (Å²) < 4.78 is 1.63. The van der Waals surface area contributed by atoms with Crippen LogP contribution in [-0.4, -0.2) is 26.1 Å². The van der Waals surface area contributed by atoms with Gasteiger partial charge in [0.2, 0.25) is 5.95 Å². The van der Waals surface area contributed by atoms with Crippen molar-refractivity contribution in [3.05, 3.63) is 77.0 Å². The number of aromatic nitrogens is 4. The molecule has 130 valence electrons. The highest BCUT2D eigenvalue weighted by molar-refractivity contribution is 6.06. The fraction of sp³-hybridized carbons (Fsp3) is 0.158. The Balaban J connectivity index is 1.74. The molecule has 1 amide bonds. The lowest BCUT2D eigenvalue weighted by atomic mass is 9.95. The zero-order valence-electron chi connectivity index (χ0n) is 14.5. The van der Waals surface area contributed by atoms with Gasteiger partial charge in [0.25, 0.3) is 5.91 Å². The number of anilines is 2. The summed E-state index contributed by atoms with van der Waals surface area (Å²) in [6.07, 6.45) is 0. The van der Waals surface area contributed by atoms with E-state index < -0.39 is 6.04 Å². The van der Waals surface area contributed by atoms with Crippen LogP contribution in [0.5, 0.6) is 0 Å². The number of benzene rings is 2. The number of carbonyl (C=O) groups excluding carboxylic acids is 1. The van der Waals surface area contributed by atoms with Gasteiger partial charge in [-0.3, -0.25) is 4.79 Å². The van der Waals surface area contributed by atoms with E-state index in [2.05, 4.69) is 26.2 Å². The molecule has 0 fully saturated rings. The standard InChI is InChI=1S/C19H18N6O/c1-12-8-10-15(11-9-12)21-18(26)16-13(2)20-19-22-23-24-25(19)17(16)14-6-4-3-5-7-14/h3-11,17H,1-2H3,(H,21,26)(H,20,22,24). The van der Waals surface area contributed by atoms with Crippen LogP contribution in [0.25, 0.3) is 0 Å². The van der Waals surface area contributed by atoms with Crippen molar-refractivity contribution in [1.82, 2.24) is 20.2 Å². The van der Waals surface area contributed by atoms with Crippen molar-refractivity contribution in [3.63, 3.8) is 0 Å². The fourth-order valence-corrected chi connectivity index (χ4v) is 3.09. The van der Waals surface area contributed by atoms with Crippen LogP contribution in [0, 0.1) is 6.92 Å². The number of hydrogen-bond acceptors (Lipinski definition) is 5. The van der Waals surface area contributed by atoms with Gasteiger partial charge in [-0.05, 0) is 42.0 Å². The number of aryl methyl sites for hydroxylation is 1. The predicted molar refractivity (Wildman–Crippen MR) is 98.5 cm³/mol. The van der Waals surface area contributed by atoms with E-state index in [1.807, 2.05) is 68.4 Å². The van der Waals surface area contributed by atoms with Crippen LogP contribution >= 0.6 is 0 Å². The van der Waals surface area contributed by atoms with Gasteiger partial charge in [0.1, 0.15) is 6.04 Å². The Kier molecular flexibility index (Phi) is 3.96. The topological polar surface area (TPSA) is 84.7 Å². The third kappa shape index (κ3) is 2.83. The number of nitrogens with one attached hydrogen (secondary N) is 2. The molecular weight excluding hydrogens is 328 g/mol. The highest BCUT2D eigenvalue weighted by Crippen LogP contribution is 2.34. The van der Waals surface area contributed by atoms with Gasteiger partial charge in [-0.25, -0.2) is 0 Å². The highest BCUT2D eigenvalue weighted by atomic mass is 16.1. The summed E-state index contributed by atoms with van der Waals surface area (Å²) in [5.74, 6) is 0.331. The minimum Gasteiger partial charge on any atom is -0.326 e. The summed E-state index contributed by atoms with van der Waals surface area (Å²) in [6.45, 7) is 3.87. The van der Waals surface area contributed by atoms with E-state index in [9.17, 15) is 4.79 Å². The van der Waals surface area contributed by atoms with Crippen LogP contribution in [0.15, 0.2) is 65.9 Å². The average Bonchev–Trinajstić information content (AvgIpc) is 3.11. The Morgan fingerprint density at radius 3 is 2.54 bits per heavy atom. The normalized spacial score (nSPS) is 16.0. The van der Waals surface area contributed by atoms with Gasteiger partial charge in [-0.1, -0.05) is 53.1 Å². The SMILES string of the molecule is CC1=C(C(=O)Nc2ccc(C)cc2)C(c2ccccc2)n2nnnc2N1. The summed E-state index contributed by atoms with van der Waals surface area (Å²) in [5, 5.41) is 17.9. The number of carbonyl (C=O) groups is 1. The Morgan fingerprint density at radius 1 is 1.08 bits per heavy atom. The molecule has 1 atom stereocenters. The second kappa shape index (κ2) is 6.44. The van der Waals surface area contributed by atoms with Crippen molar-refractivity contribution < 1.29 is 4.79 Å². The molecule has 1 aliphatic rings. The Bertz CT molecular complexity index is 975. The smallest absolute Gasteiger partial charge is 0.255 e. The molecule has 2 heterocycles. The van der Waals surface area contributed by atoms with Gasteiger partial charge in [-0.2, -0.15) is 4.68 Å². The number of hydrogen-bond donors (Lipinski definition) is 2. The van der Waals surface area contributed by atoms with Crippen LogP contribution < -0.4 is 10.6 Å². The molecule has 2 N–H and O–H groups in total. The number of allylic oxidation sites excluding steroid dienone is 1. The zero-order valence-corrected chi connectivity index (χ0v) is 14.5. The summed E-state index contributed by atoms with van der Waals surface area (Å²) in [4.78, 5) is 13.1. The molecule has 7 nitrogen and oxygen atoms in total. The third-order valence-electron chi connectivity index (χ3n) is 4.38. The number of amides is 1. The lowest BCUT2D eigenvalue weighted by molar-refractivity contribution is -0.113. The van der Waals surface area contributed by atoms with E-state index in [0.717, 1.165) is 22.5 Å². The van der Waals surface area contributed by atoms with Gasteiger partial charge >= 0.3 is 0 Å². The minimum absolute atomic E-state index is 0.186. The Hall–Kier alpha value is -3.48. The van der Waals surface area contributed by atoms with Crippen molar-refractivity contribution in [2.75, 3.05) is 10.6 Å². The van der Waals surface area contributed by atoms with Gasteiger partial charge in [0.15, 0.2) is 0 Å². The molecule has 0 radical (unpaired) electrons. The van der Waals surface area contributed by atoms with Crippen molar-refractivity contribution >= 4 is 17.5 Å². The molecule has 0 saturated carbocycles. The molecule has 1 aromatic heterocycles. The molecule has 0 spiro atoms. The maximum Gasteiger partial charge on any atom is 0.255 e. The Morgan fingerprint density at radius 2 is 1.81 bits per heavy atom. The van der Waals surface area contributed by atoms with Gasteiger partial charge in [0.05, 0.1) is 5.57 Å². The van der Waals surface area contributed by atoms with Gasteiger partial charge in [0, 0.05) is 11.4 Å². The number of nitrogens with zero attached hydrogens (tertiary/aromatic N) is 4. The molecular formula is C19H18N6O. The molecule has 26 heavy (non-hydrogen) atoms. The molecule has 0 saturated heterocycles. The van der Waals surface area contributed by atoms with E-state index in [-0.39, 0.29) is 5.91 Å². The maximum absolute atomic E-state index is 13.1. The second-order valence-corrected chi connectivity index (χ2v) is 6.24. The zero-order chi connectivity index (χ0) is 18.1. The van der Waals surface area contributed by atoms with E-state index >= 15 is 0 Å². The van der Waals surface area contributed by atoms with E-state index in [1.165, 1.54) is 0 Å². The van der Waals surface area contributed by atoms with E-state index in [0.29, 0.717) is 11.5 Å². The van der Waals surface area contributed by atoms with Crippen LogP contribution in [0.1, 0.15) is 24.1 Å². The van der Waals surface area contributed by atoms with Crippen molar-refractivity contribution in [2.24, 2.45) is 0 Å². The minimum atomic E-state index is -0.395. The molecule has 1 unspecified atom stereocenters. The van der Waals surface area contributed by atoms with Crippen LogP contribution in [0.4, 0.5) is 11.6 Å². The molecule has 0 aliphatic carbocycles. The summed E-state index contributed by atoms with van der Waals surface area (Å²) in [6, 6.07) is 17.0. The van der Waals surface area contributed by atoms with E-state index in [4.69, 9.17) is 0 Å². The van der Waals surface area contributed by atoms with Gasteiger partial charge in [-0.15, -0.1) is 0 Å². The first kappa shape index (κ1) is 16.0. The Labute approximate surface area is 150 Å². The maximum atomic E-state index is 13.1. The number of tetrazole rings is 1. The first-order valence-electron chi connectivity index (χ1n) is 8.32. The van der Waals surface area contributed by atoms with Crippen molar-refractivity contribution in [1.29, 1.82) is 0 Å². The first-order valence-corrected chi connectivity index (χ1v) is 8.32. The summed E-state index contributed by atoms with van der Waals surface area (Å²) >= 11 is 0. The summed E-state index contributed by atoms with van der Waals surface area (Å²) in [7, 11) is 0. The largest absolute Gasteiger partial charge is 0.326 e. The van der Waals surface area contributed by atoms with Gasteiger partial charge < -0.3 is 10.6 Å².